The molecule has 4 aromatic rings. The Morgan fingerprint density at radius 2 is 0.976 bits per heavy atom. The monoisotopic (exact) mass is 620 g/mol. The van der Waals surface area contributed by atoms with Crippen LogP contribution in [0, 0.1) is 0 Å². The molecule has 0 radical (unpaired) electrons. The summed E-state index contributed by atoms with van der Waals surface area (Å²) in [4.78, 5) is 27.6. The van der Waals surface area contributed by atoms with Crippen LogP contribution < -0.4 is 14.2 Å². The van der Waals surface area contributed by atoms with Crippen molar-refractivity contribution >= 4 is 38.0 Å². The average molecular weight is 621 g/mol. The fourth-order valence-electron chi connectivity index (χ4n) is 4.16. The van der Waals surface area contributed by atoms with Crippen LogP contribution in [0.5, 0.6) is 23.0 Å². The third-order valence-corrected chi connectivity index (χ3v) is 7.49. The molecule has 4 N–H and O–H groups in total. The number of benzene rings is 4. The summed E-state index contributed by atoms with van der Waals surface area (Å²) in [5.74, 6) is 2.07. The Morgan fingerprint density at radius 3 is 1.45 bits per heavy atom. The van der Waals surface area contributed by atoms with E-state index in [2.05, 4.69) is 0 Å². The lowest BCUT2D eigenvalue weighted by Gasteiger charge is -2.14. The molecule has 42 heavy (non-hydrogen) atoms. The van der Waals surface area contributed by atoms with E-state index in [0.717, 1.165) is 16.2 Å². The van der Waals surface area contributed by atoms with Crippen LogP contribution in [0.2, 0.25) is 0 Å². The molecule has 0 aliphatic rings. The summed E-state index contributed by atoms with van der Waals surface area (Å²) in [6.07, 6.45) is 1.21. The molecule has 0 aliphatic heterocycles. The molecule has 0 bridgehead atoms. The first kappa shape index (κ1) is 31.9. The highest BCUT2D eigenvalue weighted by molar-refractivity contribution is 7.47. The number of phosphoric ester groups is 1. The summed E-state index contributed by atoms with van der Waals surface area (Å²) in [6.45, 7) is 0.965. The molecule has 0 saturated carbocycles. The van der Waals surface area contributed by atoms with E-state index < -0.39 is 16.4 Å². The van der Waals surface area contributed by atoms with Gasteiger partial charge in [0.1, 0.15) is 23.0 Å². The number of hydrogen-bond donors (Lipinski definition) is 4. The molecule has 0 fully saturated rings. The number of fused-ring (bicyclic) bond motifs is 2. The van der Waals surface area contributed by atoms with Crippen LogP contribution in [0.25, 0.3) is 21.5 Å². The van der Waals surface area contributed by atoms with Crippen molar-refractivity contribution in [3.8, 4) is 23.0 Å². The van der Waals surface area contributed by atoms with Gasteiger partial charge < -0.3 is 38.5 Å². The van der Waals surface area contributed by atoms with E-state index in [9.17, 15) is 14.6 Å². The Bertz CT molecular complexity index is 1480. The van der Waals surface area contributed by atoms with Crippen LogP contribution in [-0.4, -0.2) is 59.4 Å². The predicted octanol–water partition coefficient (Wildman–Crippen LogP) is 6.07. The molecule has 4 aromatic carbocycles. The highest BCUT2D eigenvalue weighted by Crippen LogP contribution is 2.43. The molecule has 4 rings (SSSR count). The third kappa shape index (κ3) is 9.52. The van der Waals surface area contributed by atoms with Crippen LogP contribution >= 0.6 is 16.4 Å². The van der Waals surface area contributed by atoms with Gasteiger partial charge in [-0.3, -0.25) is 9.05 Å². The van der Waals surface area contributed by atoms with Crippen molar-refractivity contribution < 1.29 is 52.1 Å². The number of phosphoric acid groups is 1. The van der Waals surface area contributed by atoms with Crippen molar-refractivity contribution in [2.24, 2.45) is 0 Å². The lowest BCUT2D eigenvalue weighted by molar-refractivity contribution is 0.134. The number of aromatic hydroxyl groups is 1. The first-order chi connectivity index (χ1) is 20.3. The van der Waals surface area contributed by atoms with Crippen molar-refractivity contribution in [2.75, 3.05) is 39.6 Å². The minimum absolute atomic E-state index is 0.0298. The van der Waals surface area contributed by atoms with Crippen LogP contribution in [0.3, 0.4) is 0 Å². The fraction of sp³-hybridized carbons (Fsp3) is 0.310. The Morgan fingerprint density at radius 1 is 0.571 bits per heavy atom. The molecule has 0 aromatic heterocycles. The fourth-order valence-corrected chi connectivity index (χ4v) is 5.25. The number of hydrogen-bond acceptors (Lipinski definition) is 10. The predicted molar refractivity (Wildman–Crippen MR) is 159 cm³/mol. The highest BCUT2D eigenvalue weighted by Gasteiger charge is 2.20. The number of ether oxygens (including phenoxy) is 3. The molecule has 226 valence electrons. The minimum Gasteiger partial charge on any atom is -0.507 e. The van der Waals surface area contributed by atoms with Gasteiger partial charge in [-0.05, 0) is 24.3 Å². The zero-order chi connectivity index (χ0) is 29.8. The maximum atomic E-state index is 12.2. The summed E-state index contributed by atoms with van der Waals surface area (Å²) in [5, 5.41) is 13.1. The van der Waals surface area contributed by atoms with E-state index in [4.69, 9.17) is 37.6 Å². The van der Waals surface area contributed by atoms with Gasteiger partial charge in [0.25, 0.3) is 0 Å². The zero-order valence-corrected chi connectivity index (χ0v) is 24.6. The van der Waals surface area contributed by atoms with Gasteiger partial charge in [-0.15, -0.1) is 0 Å². The lowest BCUT2D eigenvalue weighted by atomic mass is 10.1. The van der Waals surface area contributed by atoms with Gasteiger partial charge in [0, 0.05) is 40.8 Å². The molecule has 13 heteroatoms. The van der Waals surface area contributed by atoms with Gasteiger partial charge >= 0.3 is 16.4 Å². The maximum absolute atomic E-state index is 12.2. The smallest absolute Gasteiger partial charge is 0.472 e. The van der Waals surface area contributed by atoms with E-state index in [1.165, 1.54) is 0 Å². The maximum Gasteiger partial charge on any atom is 0.472 e. The molecule has 11 nitrogen and oxygen atoms in total. The highest BCUT2D eigenvalue weighted by atomic mass is 31.2. The SMILES string of the molecule is O=P(O)(OCCCOc1cccc2c(O)cccc12)OCCCOc1cccc2c(OCCCOP(O)O)cccc12. The molecule has 1 unspecified atom stereocenters. The van der Waals surface area contributed by atoms with Crippen LogP contribution in [-0.2, 0) is 18.1 Å². The first-order valence-corrected chi connectivity index (χ1v) is 16.0. The average Bonchev–Trinajstić information content (AvgIpc) is 2.97. The Kier molecular flexibility index (Phi) is 12.2. The van der Waals surface area contributed by atoms with E-state index >= 15 is 0 Å². The van der Waals surface area contributed by atoms with Gasteiger partial charge in [-0.25, -0.2) is 4.57 Å². The summed E-state index contributed by atoms with van der Waals surface area (Å²) < 4.78 is 44.6. The minimum atomic E-state index is -4.23. The summed E-state index contributed by atoms with van der Waals surface area (Å²) in [5.41, 5.74) is 0. The van der Waals surface area contributed by atoms with Gasteiger partial charge in [0.15, 0.2) is 0 Å². The second kappa shape index (κ2) is 16.0. The van der Waals surface area contributed by atoms with Gasteiger partial charge in [0.2, 0.25) is 0 Å². The van der Waals surface area contributed by atoms with E-state index in [1.807, 2.05) is 42.5 Å². The lowest BCUT2D eigenvalue weighted by Crippen LogP contribution is -2.06. The molecule has 0 saturated heterocycles. The number of phenolic OH excluding ortho intramolecular Hbond substituents is 1. The molecule has 0 spiro atoms. The molecule has 1 atom stereocenters. The number of rotatable bonds is 18. The summed E-state index contributed by atoms with van der Waals surface area (Å²) >= 11 is 0. The van der Waals surface area contributed by atoms with Crippen molar-refractivity contribution in [3.63, 3.8) is 0 Å². The van der Waals surface area contributed by atoms with E-state index in [1.54, 1.807) is 30.3 Å². The number of phenols is 1. The van der Waals surface area contributed by atoms with E-state index in [-0.39, 0.29) is 38.8 Å². The second-order valence-corrected chi connectivity index (χ2v) is 11.3. The van der Waals surface area contributed by atoms with Gasteiger partial charge in [0.05, 0.1) is 39.6 Å². The van der Waals surface area contributed by atoms with Gasteiger partial charge in [-0.2, -0.15) is 0 Å². The first-order valence-electron chi connectivity index (χ1n) is 13.4. The Balaban J connectivity index is 1.15. The molecule has 0 aliphatic carbocycles. The quantitative estimate of drug-likeness (QED) is 0.0758. The Labute approximate surface area is 244 Å². The standard InChI is InChI=1S/C29H34O11P2/c30-26-12-1-9-23-22(26)8-2-13-27(23)36-17-6-20-39-42(33,34)40-21-7-18-37-29-15-4-10-24-25(29)11-3-14-28(24)35-16-5-19-38-41(31)32/h1-4,8-15,30-32H,5-7,16-21H2,(H,33,34). The third-order valence-electron chi connectivity index (χ3n) is 6.06. The van der Waals surface area contributed by atoms with Gasteiger partial charge in [-0.1, -0.05) is 48.5 Å². The van der Waals surface area contributed by atoms with Crippen LogP contribution in [0.4, 0.5) is 0 Å². The molecular formula is C29H34O11P2. The van der Waals surface area contributed by atoms with Crippen LogP contribution in [0.1, 0.15) is 19.3 Å². The van der Waals surface area contributed by atoms with Crippen molar-refractivity contribution in [2.45, 2.75) is 19.3 Å². The van der Waals surface area contributed by atoms with Crippen molar-refractivity contribution in [3.05, 3.63) is 72.8 Å². The normalized spacial score (nSPS) is 13.0. The summed E-state index contributed by atoms with van der Waals surface area (Å²) in [7, 11) is -6.59. The molecular weight excluding hydrogens is 586 g/mol. The summed E-state index contributed by atoms with van der Waals surface area (Å²) in [6, 6.07) is 21.8. The zero-order valence-electron chi connectivity index (χ0n) is 22.8. The largest absolute Gasteiger partial charge is 0.507 e. The second-order valence-electron chi connectivity index (χ2n) is 9.06. The van der Waals surface area contributed by atoms with Crippen molar-refractivity contribution in [1.82, 2.24) is 0 Å². The molecule has 0 amide bonds. The van der Waals surface area contributed by atoms with Crippen LogP contribution in [0.15, 0.2) is 72.8 Å². The van der Waals surface area contributed by atoms with Crippen molar-refractivity contribution in [1.29, 1.82) is 0 Å². The van der Waals surface area contributed by atoms with E-state index in [0.29, 0.717) is 48.5 Å². The molecule has 0 heterocycles. The topological polar surface area (TPSA) is 153 Å². The Hall–Kier alpha value is -2.98.